The summed E-state index contributed by atoms with van der Waals surface area (Å²) in [5.41, 5.74) is 3.37. The number of carbonyl (C=O) groups excluding carboxylic acids is 2. The zero-order valence-corrected chi connectivity index (χ0v) is 28.6. The lowest BCUT2D eigenvalue weighted by molar-refractivity contribution is -0.140. The van der Waals surface area contributed by atoms with Crippen LogP contribution in [0, 0.1) is 13.8 Å². The maximum Gasteiger partial charge on any atom is 0.264 e. The highest BCUT2D eigenvalue weighted by molar-refractivity contribution is 7.92. The smallest absolute Gasteiger partial charge is 0.264 e. The number of halogens is 2. The quantitative estimate of drug-likeness (QED) is 0.141. The molecule has 7 nitrogen and oxygen atoms in total. The van der Waals surface area contributed by atoms with Crippen LogP contribution in [0.25, 0.3) is 0 Å². The molecule has 4 aromatic rings. The van der Waals surface area contributed by atoms with Crippen LogP contribution in [-0.4, -0.2) is 44.3 Å². The Hall–Kier alpha value is -3.85. The van der Waals surface area contributed by atoms with Crippen LogP contribution in [0.5, 0.6) is 0 Å². The number of amides is 2. The van der Waals surface area contributed by atoms with E-state index in [9.17, 15) is 18.0 Å². The molecule has 0 heterocycles. The molecule has 0 aliphatic heterocycles. The van der Waals surface area contributed by atoms with Crippen molar-refractivity contribution < 1.29 is 18.0 Å². The van der Waals surface area contributed by atoms with Gasteiger partial charge in [-0.25, -0.2) is 8.42 Å². The molecule has 0 radical (unpaired) electrons. The molecule has 1 unspecified atom stereocenters. The first-order valence-corrected chi connectivity index (χ1v) is 17.4. The molecule has 10 heteroatoms. The summed E-state index contributed by atoms with van der Waals surface area (Å²) in [6.07, 6.45) is 1.87. The number of carbonyl (C=O) groups is 2. The number of benzene rings is 4. The number of nitrogens with one attached hydrogen (secondary N) is 1. The number of unbranched alkanes of at least 4 members (excludes halogenated alkanes) is 1. The van der Waals surface area contributed by atoms with E-state index in [1.807, 2.05) is 50.2 Å². The third-order valence-corrected chi connectivity index (χ3v) is 10.1. The molecular formula is C36H39Cl2N3O4S. The zero-order chi connectivity index (χ0) is 33.3. The molecule has 0 fully saturated rings. The van der Waals surface area contributed by atoms with Crippen molar-refractivity contribution in [1.29, 1.82) is 0 Å². The molecule has 4 aromatic carbocycles. The van der Waals surface area contributed by atoms with Gasteiger partial charge in [-0.3, -0.25) is 13.9 Å². The molecule has 4 rings (SSSR count). The average Bonchev–Trinajstić information content (AvgIpc) is 3.03. The third-order valence-electron chi connectivity index (χ3n) is 7.73. The van der Waals surface area contributed by atoms with E-state index in [1.165, 1.54) is 17.0 Å². The Morgan fingerprint density at radius 1 is 0.870 bits per heavy atom. The molecule has 0 aliphatic carbocycles. The van der Waals surface area contributed by atoms with Crippen LogP contribution < -0.4 is 9.62 Å². The van der Waals surface area contributed by atoms with E-state index < -0.39 is 28.5 Å². The van der Waals surface area contributed by atoms with E-state index in [1.54, 1.807) is 55.5 Å². The maximum atomic E-state index is 14.6. The fourth-order valence-corrected chi connectivity index (χ4v) is 7.03. The highest BCUT2D eigenvalue weighted by Gasteiger charge is 2.35. The summed E-state index contributed by atoms with van der Waals surface area (Å²) >= 11 is 12.8. The summed E-state index contributed by atoms with van der Waals surface area (Å²) < 4.78 is 29.6. The average molecular weight is 681 g/mol. The molecule has 0 aromatic heterocycles. The third kappa shape index (κ3) is 8.90. The van der Waals surface area contributed by atoms with Gasteiger partial charge >= 0.3 is 0 Å². The van der Waals surface area contributed by atoms with Gasteiger partial charge in [-0.2, -0.15) is 0 Å². The first kappa shape index (κ1) is 35.0. The van der Waals surface area contributed by atoms with Crippen molar-refractivity contribution in [3.63, 3.8) is 0 Å². The fourth-order valence-electron chi connectivity index (χ4n) is 5.09. The molecule has 0 aliphatic rings. The van der Waals surface area contributed by atoms with Gasteiger partial charge in [0.15, 0.2) is 0 Å². The Bertz CT molecular complexity index is 1750. The standard InChI is InChI=1S/C36H39Cl2N3O4S/c1-4-5-21-39-36(43)34(22-28-12-7-6-8-13-28)40(24-29-17-18-30(37)23-32(29)38)35(42)25-41(33-14-10-9-11-27(33)3)46(44,45)31-19-15-26(2)16-20-31/h6-20,23,34H,4-5,21-22,24-25H2,1-3H3,(H,39,43). The molecule has 0 saturated carbocycles. The van der Waals surface area contributed by atoms with Crippen LogP contribution in [-0.2, 0) is 32.6 Å². The number of hydrogen-bond donors (Lipinski definition) is 1. The molecule has 2 amide bonds. The second-order valence-corrected chi connectivity index (χ2v) is 13.9. The minimum Gasteiger partial charge on any atom is -0.354 e. The van der Waals surface area contributed by atoms with Crippen LogP contribution in [0.3, 0.4) is 0 Å². The van der Waals surface area contributed by atoms with E-state index in [2.05, 4.69) is 5.32 Å². The van der Waals surface area contributed by atoms with Crippen molar-refractivity contribution in [3.8, 4) is 0 Å². The van der Waals surface area contributed by atoms with Crippen molar-refractivity contribution >= 4 is 50.7 Å². The van der Waals surface area contributed by atoms with Crippen molar-refractivity contribution in [2.24, 2.45) is 0 Å². The van der Waals surface area contributed by atoms with Gasteiger partial charge in [-0.05, 0) is 67.3 Å². The van der Waals surface area contributed by atoms with E-state index in [4.69, 9.17) is 23.2 Å². The molecule has 0 bridgehead atoms. The van der Waals surface area contributed by atoms with Crippen LogP contribution >= 0.6 is 23.2 Å². The number of anilines is 1. The van der Waals surface area contributed by atoms with Crippen molar-refractivity contribution in [1.82, 2.24) is 10.2 Å². The predicted octanol–water partition coefficient (Wildman–Crippen LogP) is 7.36. The zero-order valence-electron chi connectivity index (χ0n) is 26.2. The normalized spacial score (nSPS) is 11.9. The summed E-state index contributed by atoms with van der Waals surface area (Å²) in [6.45, 7) is 5.56. The molecule has 46 heavy (non-hydrogen) atoms. The number of aryl methyl sites for hydroxylation is 2. The molecule has 0 spiro atoms. The minimum absolute atomic E-state index is 0.0419. The monoisotopic (exact) mass is 679 g/mol. The number of hydrogen-bond acceptors (Lipinski definition) is 4. The van der Waals surface area contributed by atoms with Gasteiger partial charge < -0.3 is 10.2 Å². The van der Waals surface area contributed by atoms with E-state index in [-0.39, 0.29) is 23.8 Å². The van der Waals surface area contributed by atoms with Crippen LogP contribution in [0.1, 0.15) is 42.0 Å². The molecule has 242 valence electrons. The minimum atomic E-state index is -4.19. The van der Waals surface area contributed by atoms with E-state index >= 15 is 0 Å². The highest BCUT2D eigenvalue weighted by Crippen LogP contribution is 2.29. The highest BCUT2D eigenvalue weighted by atomic mass is 35.5. The summed E-state index contributed by atoms with van der Waals surface area (Å²) in [4.78, 5) is 29.9. The van der Waals surface area contributed by atoms with Crippen molar-refractivity contribution in [2.75, 3.05) is 17.4 Å². The molecular weight excluding hydrogens is 641 g/mol. The first-order chi connectivity index (χ1) is 22.0. The number of para-hydroxylation sites is 1. The Morgan fingerprint density at radius 2 is 1.54 bits per heavy atom. The Balaban J connectivity index is 1.82. The lowest BCUT2D eigenvalue weighted by atomic mass is 10.0. The second kappa shape index (κ2) is 16.1. The number of nitrogens with zero attached hydrogens (tertiary/aromatic N) is 2. The second-order valence-electron chi connectivity index (χ2n) is 11.2. The molecule has 0 saturated heterocycles. The van der Waals surface area contributed by atoms with Gasteiger partial charge in [0, 0.05) is 29.6 Å². The van der Waals surface area contributed by atoms with Gasteiger partial charge in [0.2, 0.25) is 11.8 Å². The fraction of sp³-hybridized carbons (Fsp3) is 0.278. The van der Waals surface area contributed by atoms with Gasteiger partial charge in [0.25, 0.3) is 10.0 Å². The first-order valence-electron chi connectivity index (χ1n) is 15.2. The van der Waals surface area contributed by atoms with Crippen LogP contribution in [0.15, 0.2) is 102 Å². The number of rotatable bonds is 14. The van der Waals surface area contributed by atoms with Crippen molar-refractivity contribution in [2.45, 2.75) is 57.5 Å². The largest absolute Gasteiger partial charge is 0.354 e. The Kier molecular flexibility index (Phi) is 12.3. The predicted molar refractivity (Wildman–Crippen MR) is 186 cm³/mol. The van der Waals surface area contributed by atoms with Gasteiger partial charge in [-0.15, -0.1) is 0 Å². The summed E-state index contributed by atoms with van der Waals surface area (Å²) in [5, 5.41) is 3.75. The van der Waals surface area contributed by atoms with Gasteiger partial charge in [0.05, 0.1) is 10.6 Å². The van der Waals surface area contributed by atoms with Gasteiger partial charge in [0.1, 0.15) is 12.6 Å². The topological polar surface area (TPSA) is 86.8 Å². The Labute approximate surface area is 282 Å². The summed E-state index contributed by atoms with van der Waals surface area (Å²) in [6, 6.07) is 26.9. The van der Waals surface area contributed by atoms with E-state index in [0.29, 0.717) is 33.4 Å². The molecule has 1 N–H and O–H groups in total. The van der Waals surface area contributed by atoms with Crippen LogP contribution in [0.2, 0.25) is 10.0 Å². The maximum absolute atomic E-state index is 14.6. The van der Waals surface area contributed by atoms with Crippen molar-refractivity contribution in [3.05, 3.63) is 129 Å². The van der Waals surface area contributed by atoms with Crippen LogP contribution in [0.4, 0.5) is 5.69 Å². The van der Waals surface area contributed by atoms with E-state index in [0.717, 1.165) is 28.3 Å². The summed E-state index contributed by atoms with van der Waals surface area (Å²) in [5.74, 6) is -0.892. The Morgan fingerprint density at radius 3 is 2.20 bits per heavy atom. The summed E-state index contributed by atoms with van der Waals surface area (Å²) in [7, 11) is -4.19. The number of sulfonamides is 1. The van der Waals surface area contributed by atoms with Gasteiger partial charge in [-0.1, -0.05) is 109 Å². The lowest BCUT2D eigenvalue weighted by Crippen LogP contribution is -2.53. The molecule has 1 atom stereocenters. The SMILES string of the molecule is CCCCNC(=O)C(Cc1ccccc1)N(Cc1ccc(Cl)cc1Cl)C(=O)CN(c1ccccc1C)S(=O)(=O)c1ccc(C)cc1. The lowest BCUT2D eigenvalue weighted by Gasteiger charge is -2.34.